The average Bonchev–Trinajstić information content (AvgIpc) is 2.04. The van der Waals surface area contributed by atoms with Crippen LogP contribution >= 0.6 is 0 Å². The van der Waals surface area contributed by atoms with Crippen LogP contribution in [0, 0.1) is 13.8 Å². The van der Waals surface area contributed by atoms with Crippen LogP contribution in [0.25, 0.3) is 11.0 Å². The van der Waals surface area contributed by atoms with Crippen LogP contribution in [0.2, 0.25) is 0 Å². The molecule has 2 aromatic heterocycles. The van der Waals surface area contributed by atoms with Crippen molar-refractivity contribution >= 4 is 11.0 Å². The second kappa shape index (κ2) is 2.52. The van der Waals surface area contributed by atoms with Gasteiger partial charge in [-0.15, -0.1) is 5.10 Å². The third kappa shape index (κ3) is 1.03. The lowest BCUT2D eigenvalue weighted by atomic mass is 10.2. The van der Waals surface area contributed by atoms with Gasteiger partial charge in [0.25, 0.3) is 0 Å². The minimum atomic E-state index is 0.731. The summed E-state index contributed by atoms with van der Waals surface area (Å²) in [6.45, 7) is 3.96. The van der Waals surface area contributed by atoms with Gasteiger partial charge in [-0.2, -0.15) is 5.10 Å². The fraction of sp³-hybridized carbons (Fsp3) is 0.222. The van der Waals surface area contributed by atoms with Crippen molar-refractivity contribution in [1.29, 1.82) is 0 Å². The van der Waals surface area contributed by atoms with Crippen molar-refractivity contribution < 1.29 is 0 Å². The zero-order chi connectivity index (χ0) is 8.55. The van der Waals surface area contributed by atoms with Crippen molar-refractivity contribution in [1.82, 2.24) is 15.2 Å². The second-order valence-electron chi connectivity index (χ2n) is 2.85. The summed E-state index contributed by atoms with van der Waals surface area (Å²) in [6, 6.07) is 4.01. The molecule has 3 heteroatoms. The van der Waals surface area contributed by atoms with E-state index in [0.29, 0.717) is 0 Å². The van der Waals surface area contributed by atoms with E-state index in [1.54, 1.807) is 6.20 Å². The minimum absolute atomic E-state index is 0.731. The molecule has 0 saturated carbocycles. The van der Waals surface area contributed by atoms with E-state index < -0.39 is 0 Å². The number of nitrogens with zero attached hydrogens (tertiary/aromatic N) is 3. The Kier molecular flexibility index (Phi) is 1.50. The van der Waals surface area contributed by atoms with Crippen molar-refractivity contribution in [3.05, 3.63) is 29.6 Å². The van der Waals surface area contributed by atoms with Gasteiger partial charge >= 0.3 is 0 Å². The Bertz CT molecular complexity index is 423. The van der Waals surface area contributed by atoms with E-state index in [0.717, 1.165) is 22.3 Å². The smallest absolute Gasteiger partial charge is 0.182 e. The number of hydrogen-bond donors (Lipinski definition) is 0. The molecule has 0 saturated heterocycles. The first kappa shape index (κ1) is 7.16. The first-order chi connectivity index (χ1) is 5.77. The van der Waals surface area contributed by atoms with E-state index in [2.05, 4.69) is 15.2 Å². The van der Waals surface area contributed by atoms with Gasteiger partial charge in [-0.1, -0.05) is 0 Å². The van der Waals surface area contributed by atoms with E-state index in [4.69, 9.17) is 0 Å². The van der Waals surface area contributed by atoms with E-state index in [1.165, 1.54) is 0 Å². The van der Waals surface area contributed by atoms with Gasteiger partial charge in [-0.05, 0) is 31.5 Å². The monoisotopic (exact) mass is 159 g/mol. The second-order valence-corrected chi connectivity index (χ2v) is 2.85. The van der Waals surface area contributed by atoms with Crippen molar-refractivity contribution in [2.75, 3.05) is 0 Å². The van der Waals surface area contributed by atoms with E-state index >= 15 is 0 Å². The lowest BCUT2D eigenvalue weighted by Gasteiger charge is -1.98. The summed E-state index contributed by atoms with van der Waals surface area (Å²) in [5.41, 5.74) is 2.82. The summed E-state index contributed by atoms with van der Waals surface area (Å²) in [7, 11) is 0. The minimum Gasteiger partial charge on any atom is -0.232 e. The molecular weight excluding hydrogens is 150 g/mol. The predicted octanol–water partition coefficient (Wildman–Crippen LogP) is 1.64. The van der Waals surface area contributed by atoms with E-state index in [1.807, 2.05) is 26.0 Å². The molecule has 3 nitrogen and oxygen atoms in total. The van der Waals surface area contributed by atoms with E-state index in [9.17, 15) is 0 Å². The first-order valence-corrected chi connectivity index (χ1v) is 3.83. The largest absolute Gasteiger partial charge is 0.232 e. The molecule has 0 radical (unpaired) electrons. The predicted molar refractivity (Wildman–Crippen MR) is 46.8 cm³/mol. The normalized spacial score (nSPS) is 10.5. The fourth-order valence-electron chi connectivity index (χ4n) is 1.17. The quantitative estimate of drug-likeness (QED) is 0.586. The summed E-state index contributed by atoms with van der Waals surface area (Å²) in [5, 5.41) is 8.86. The zero-order valence-corrected chi connectivity index (χ0v) is 7.07. The zero-order valence-electron chi connectivity index (χ0n) is 7.07. The summed E-state index contributed by atoms with van der Waals surface area (Å²) in [4.78, 5) is 4.26. The topological polar surface area (TPSA) is 38.7 Å². The summed E-state index contributed by atoms with van der Waals surface area (Å²) in [5.74, 6) is 0. The summed E-state index contributed by atoms with van der Waals surface area (Å²) >= 11 is 0. The molecule has 0 aliphatic carbocycles. The Morgan fingerprint density at radius 2 is 2.00 bits per heavy atom. The number of pyridine rings is 1. The van der Waals surface area contributed by atoms with Crippen LogP contribution in [0.15, 0.2) is 18.3 Å². The SMILES string of the molecule is Cc1ccc2c(C)cnnc2n1. The molecule has 0 bridgehead atoms. The molecule has 12 heavy (non-hydrogen) atoms. The van der Waals surface area contributed by atoms with Crippen LogP contribution in [-0.4, -0.2) is 15.2 Å². The van der Waals surface area contributed by atoms with Gasteiger partial charge in [-0.3, -0.25) is 0 Å². The van der Waals surface area contributed by atoms with Gasteiger partial charge < -0.3 is 0 Å². The molecule has 0 atom stereocenters. The molecule has 0 aliphatic heterocycles. The van der Waals surface area contributed by atoms with Gasteiger partial charge in [0.15, 0.2) is 5.65 Å². The highest BCUT2D eigenvalue weighted by Crippen LogP contribution is 2.12. The van der Waals surface area contributed by atoms with Gasteiger partial charge in [0.1, 0.15) is 0 Å². The van der Waals surface area contributed by atoms with Gasteiger partial charge in [0.2, 0.25) is 0 Å². The lowest BCUT2D eigenvalue weighted by Crippen LogP contribution is -1.91. The van der Waals surface area contributed by atoms with Crippen molar-refractivity contribution in [3.8, 4) is 0 Å². The molecule has 0 spiro atoms. The maximum absolute atomic E-state index is 4.26. The number of hydrogen-bond acceptors (Lipinski definition) is 3. The molecule has 2 heterocycles. The Balaban J connectivity index is 2.86. The van der Waals surface area contributed by atoms with Crippen LogP contribution in [0.3, 0.4) is 0 Å². The van der Waals surface area contributed by atoms with Crippen molar-refractivity contribution in [2.24, 2.45) is 0 Å². The summed E-state index contributed by atoms with van der Waals surface area (Å²) in [6.07, 6.45) is 1.75. The standard InChI is InChI=1S/C9H9N3/c1-6-5-10-12-9-8(6)4-3-7(2)11-9/h3-5H,1-2H3. The van der Waals surface area contributed by atoms with Crippen LogP contribution < -0.4 is 0 Å². The highest BCUT2D eigenvalue weighted by molar-refractivity contribution is 5.77. The van der Waals surface area contributed by atoms with Crippen LogP contribution in [0.5, 0.6) is 0 Å². The Labute approximate surface area is 70.5 Å². The third-order valence-electron chi connectivity index (χ3n) is 1.84. The molecule has 60 valence electrons. The Morgan fingerprint density at radius 3 is 2.83 bits per heavy atom. The Hall–Kier alpha value is -1.51. The maximum Gasteiger partial charge on any atom is 0.182 e. The highest BCUT2D eigenvalue weighted by Gasteiger charge is 1.98. The molecule has 0 amide bonds. The van der Waals surface area contributed by atoms with Crippen LogP contribution in [0.4, 0.5) is 0 Å². The molecule has 2 rings (SSSR count). The molecule has 0 unspecified atom stereocenters. The maximum atomic E-state index is 4.26. The fourth-order valence-corrected chi connectivity index (χ4v) is 1.17. The van der Waals surface area contributed by atoms with Gasteiger partial charge in [-0.25, -0.2) is 4.98 Å². The molecule has 2 aromatic rings. The number of rotatable bonds is 0. The van der Waals surface area contributed by atoms with Crippen molar-refractivity contribution in [2.45, 2.75) is 13.8 Å². The summed E-state index contributed by atoms with van der Waals surface area (Å²) < 4.78 is 0. The van der Waals surface area contributed by atoms with Gasteiger partial charge in [0, 0.05) is 11.1 Å². The number of fused-ring (bicyclic) bond motifs is 1. The molecule has 0 fully saturated rings. The van der Waals surface area contributed by atoms with Gasteiger partial charge in [0.05, 0.1) is 6.20 Å². The highest BCUT2D eigenvalue weighted by atomic mass is 15.1. The number of aryl methyl sites for hydroxylation is 2. The third-order valence-corrected chi connectivity index (χ3v) is 1.84. The van der Waals surface area contributed by atoms with E-state index in [-0.39, 0.29) is 0 Å². The van der Waals surface area contributed by atoms with Crippen LogP contribution in [0.1, 0.15) is 11.3 Å². The number of aromatic nitrogens is 3. The molecular formula is C9H9N3. The molecule has 0 aromatic carbocycles. The molecule has 0 N–H and O–H groups in total. The van der Waals surface area contributed by atoms with Crippen molar-refractivity contribution in [3.63, 3.8) is 0 Å². The first-order valence-electron chi connectivity index (χ1n) is 3.83. The lowest BCUT2D eigenvalue weighted by molar-refractivity contribution is 1.03. The Morgan fingerprint density at radius 1 is 1.17 bits per heavy atom. The average molecular weight is 159 g/mol. The molecule has 0 aliphatic rings. The van der Waals surface area contributed by atoms with Crippen LogP contribution in [-0.2, 0) is 0 Å².